The number of fused-ring (bicyclic) bond motifs is 1. The summed E-state index contributed by atoms with van der Waals surface area (Å²) in [6.45, 7) is 0. The van der Waals surface area contributed by atoms with Gasteiger partial charge in [-0.15, -0.1) is 0 Å². The molecule has 6 heteroatoms. The van der Waals surface area contributed by atoms with Gasteiger partial charge in [-0.2, -0.15) is 0 Å². The van der Waals surface area contributed by atoms with Crippen LogP contribution in [0.1, 0.15) is 17.2 Å². The Hall–Kier alpha value is -2.18. The summed E-state index contributed by atoms with van der Waals surface area (Å²) in [5.41, 5.74) is 7.90. The third-order valence-corrected chi connectivity index (χ3v) is 3.90. The van der Waals surface area contributed by atoms with Gasteiger partial charge in [-0.25, -0.2) is 4.98 Å². The number of nitrogens with two attached hydrogens (primary N) is 1. The quantitative estimate of drug-likeness (QED) is 0.773. The maximum Gasteiger partial charge on any atom is 0.181 e. The molecule has 1 unspecified atom stereocenters. The number of pyridine rings is 1. The fourth-order valence-electron chi connectivity index (χ4n) is 2.10. The molecule has 0 bridgehead atoms. The number of ether oxygens (including phenoxy) is 1. The zero-order valence-corrected chi connectivity index (χ0v) is 11.6. The zero-order valence-electron chi connectivity index (χ0n) is 10.8. The molecule has 1 aromatic carbocycles. The molecule has 0 saturated heterocycles. The van der Waals surface area contributed by atoms with Crippen molar-refractivity contribution in [2.24, 2.45) is 0 Å². The van der Waals surface area contributed by atoms with Crippen LogP contribution in [0, 0.1) is 0 Å². The van der Waals surface area contributed by atoms with Crippen molar-refractivity contribution in [1.82, 2.24) is 9.97 Å². The molecule has 0 saturated carbocycles. The molecule has 1 atom stereocenters. The molecule has 20 heavy (non-hydrogen) atoms. The Kier molecular flexibility index (Phi) is 3.25. The number of nitrogens with zero attached hydrogens (tertiary/aromatic N) is 2. The Labute approximate surface area is 119 Å². The van der Waals surface area contributed by atoms with Crippen molar-refractivity contribution in [3.8, 4) is 5.75 Å². The molecule has 3 N–H and O–H groups in total. The standard InChI is InChI=1S/C14H13N3O2S/c1-19-9-6-10(12-11(7-9)20-14(15)17-12)13(18)8-2-4-16-5-3-8/h2-7,13,18H,1H3,(H2,15,17). The number of rotatable bonds is 3. The summed E-state index contributed by atoms with van der Waals surface area (Å²) in [7, 11) is 1.59. The molecule has 0 aliphatic rings. The normalized spacial score (nSPS) is 12.5. The van der Waals surface area contributed by atoms with Crippen LogP contribution < -0.4 is 10.5 Å². The Balaban J connectivity index is 2.18. The van der Waals surface area contributed by atoms with Crippen molar-refractivity contribution in [2.45, 2.75) is 6.10 Å². The van der Waals surface area contributed by atoms with Crippen LogP contribution in [0.15, 0.2) is 36.7 Å². The average molecular weight is 287 g/mol. The van der Waals surface area contributed by atoms with E-state index in [9.17, 15) is 5.11 Å². The van der Waals surface area contributed by atoms with E-state index in [1.165, 1.54) is 11.3 Å². The van der Waals surface area contributed by atoms with E-state index in [-0.39, 0.29) is 0 Å². The van der Waals surface area contributed by atoms with Gasteiger partial charge in [0.25, 0.3) is 0 Å². The molecule has 2 aromatic heterocycles. The molecule has 0 radical (unpaired) electrons. The summed E-state index contributed by atoms with van der Waals surface area (Å²) in [5.74, 6) is 0.671. The van der Waals surface area contributed by atoms with Crippen molar-refractivity contribution < 1.29 is 9.84 Å². The summed E-state index contributed by atoms with van der Waals surface area (Å²) in [6, 6.07) is 7.19. The molecule has 5 nitrogen and oxygen atoms in total. The number of anilines is 1. The van der Waals surface area contributed by atoms with E-state index in [0.29, 0.717) is 22.0 Å². The monoisotopic (exact) mass is 287 g/mol. The van der Waals surface area contributed by atoms with Gasteiger partial charge in [-0.05, 0) is 29.8 Å². The maximum atomic E-state index is 10.6. The molecule has 102 valence electrons. The lowest BCUT2D eigenvalue weighted by Crippen LogP contribution is -2.01. The van der Waals surface area contributed by atoms with Crippen LogP contribution in [-0.4, -0.2) is 22.2 Å². The lowest BCUT2D eigenvalue weighted by Gasteiger charge is -2.13. The minimum atomic E-state index is -0.794. The number of hydrogen-bond donors (Lipinski definition) is 2. The molecule has 3 aromatic rings. The van der Waals surface area contributed by atoms with Gasteiger partial charge >= 0.3 is 0 Å². The van der Waals surface area contributed by atoms with E-state index in [1.807, 2.05) is 6.07 Å². The van der Waals surface area contributed by atoms with E-state index >= 15 is 0 Å². The maximum absolute atomic E-state index is 10.6. The average Bonchev–Trinajstić information content (AvgIpc) is 2.86. The highest BCUT2D eigenvalue weighted by Gasteiger charge is 2.18. The highest BCUT2D eigenvalue weighted by molar-refractivity contribution is 7.22. The summed E-state index contributed by atoms with van der Waals surface area (Å²) in [4.78, 5) is 8.25. The molecular weight excluding hydrogens is 274 g/mol. The van der Waals surface area contributed by atoms with Crippen molar-refractivity contribution in [1.29, 1.82) is 0 Å². The van der Waals surface area contributed by atoms with Crippen LogP contribution in [0.4, 0.5) is 5.13 Å². The Bertz CT molecular complexity index is 743. The smallest absolute Gasteiger partial charge is 0.181 e. The van der Waals surface area contributed by atoms with Crippen LogP contribution in [0.3, 0.4) is 0 Å². The summed E-state index contributed by atoms with van der Waals surface area (Å²) < 4.78 is 6.17. The summed E-state index contributed by atoms with van der Waals surface area (Å²) in [6.07, 6.45) is 2.49. The first-order valence-corrected chi connectivity index (χ1v) is 6.82. The fraction of sp³-hybridized carbons (Fsp3) is 0.143. The molecular formula is C14H13N3O2S. The SMILES string of the molecule is COc1cc(C(O)c2ccncc2)c2nc(N)sc2c1. The molecule has 0 aliphatic carbocycles. The predicted molar refractivity (Wildman–Crippen MR) is 78.9 cm³/mol. The van der Waals surface area contributed by atoms with Gasteiger partial charge in [0.1, 0.15) is 11.9 Å². The highest BCUT2D eigenvalue weighted by Crippen LogP contribution is 2.35. The van der Waals surface area contributed by atoms with Crippen LogP contribution in [-0.2, 0) is 0 Å². The van der Waals surface area contributed by atoms with Gasteiger partial charge in [0.2, 0.25) is 0 Å². The van der Waals surface area contributed by atoms with Gasteiger partial charge < -0.3 is 15.6 Å². The fourth-order valence-corrected chi connectivity index (χ4v) is 2.90. The molecule has 0 amide bonds. The first-order chi connectivity index (χ1) is 9.69. The third kappa shape index (κ3) is 2.19. The largest absolute Gasteiger partial charge is 0.497 e. The van der Waals surface area contributed by atoms with Crippen LogP contribution in [0.5, 0.6) is 5.75 Å². The van der Waals surface area contributed by atoms with Crippen LogP contribution >= 0.6 is 11.3 Å². The number of aliphatic hydroxyl groups excluding tert-OH is 1. The topological polar surface area (TPSA) is 81.3 Å². The number of aromatic nitrogens is 2. The number of aliphatic hydroxyl groups is 1. The minimum Gasteiger partial charge on any atom is -0.497 e. The van der Waals surface area contributed by atoms with Crippen LogP contribution in [0.25, 0.3) is 10.2 Å². The first-order valence-electron chi connectivity index (χ1n) is 6.01. The zero-order chi connectivity index (χ0) is 14.1. The van der Waals surface area contributed by atoms with E-state index in [0.717, 1.165) is 10.3 Å². The third-order valence-electron chi connectivity index (χ3n) is 3.07. The number of methoxy groups -OCH3 is 1. The predicted octanol–water partition coefficient (Wildman–Crippen LogP) is 2.36. The van der Waals surface area contributed by atoms with Gasteiger partial charge in [0.05, 0.1) is 17.3 Å². The highest BCUT2D eigenvalue weighted by atomic mass is 32.1. The molecule has 0 fully saturated rings. The molecule has 0 spiro atoms. The van der Waals surface area contributed by atoms with E-state index in [4.69, 9.17) is 10.5 Å². The lowest BCUT2D eigenvalue weighted by molar-refractivity contribution is 0.221. The minimum absolute atomic E-state index is 0.469. The van der Waals surface area contributed by atoms with E-state index < -0.39 is 6.10 Å². The summed E-state index contributed by atoms with van der Waals surface area (Å²) >= 11 is 1.37. The van der Waals surface area contributed by atoms with Gasteiger partial charge in [0.15, 0.2) is 5.13 Å². The van der Waals surface area contributed by atoms with E-state index in [2.05, 4.69) is 9.97 Å². The van der Waals surface area contributed by atoms with Crippen molar-refractivity contribution in [3.05, 3.63) is 47.8 Å². The van der Waals surface area contributed by atoms with Crippen molar-refractivity contribution >= 4 is 26.7 Å². The first kappa shape index (κ1) is 12.8. The van der Waals surface area contributed by atoms with Gasteiger partial charge in [-0.3, -0.25) is 4.98 Å². The van der Waals surface area contributed by atoms with Gasteiger partial charge in [0, 0.05) is 18.0 Å². The number of thiazole rings is 1. The van der Waals surface area contributed by atoms with Crippen molar-refractivity contribution in [3.63, 3.8) is 0 Å². The van der Waals surface area contributed by atoms with Crippen molar-refractivity contribution in [2.75, 3.05) is 12.8 Å². The summed E-state index contributed by atoms with van der Waals surface area (Å²) in [5, 5.41) is 11.0. The Morgan fingerprint density at radius 2 is 2.05 bits per heavy atom. The number of hydrogen-bond acceptors (Lipinski definition) is 6. The Morgan fingerprint density at radius 1 is 1.30 bits per heavy atom. The Morgan fingerprint density at radius 3 is 2.75 bits per heavy atom. The van der Waals surface area contributed by atoms with E-state index in [1.54, 1.807) is 37.7 Å². The van der Waals surface area contributed by atoms with Crippen LogP contribution in [0.2, 0.25) is 0 Å². The van der Waals surface area contributed by atoms with Gasteiger partial charge in [-0.1, -0.05) is 11.3 Å². The number of benzene rings is 1. The second-order valence-electron chi connectivity index (χ2n) is 4.30. The molecule has 2 heterocycles. The second-order valence-corrected chi connectivity index (χ2v) is 5.36. The lowest BCUT2D eigenvalue weighted by atomic mass is 10.0. The molecule has 3 rings (SSSR count). The molecule has 0 aliphatic heterocycles. The second kappa shape index (κ2) is 5.07. The number of nitrogen functional groups attached to an aromatic ring is 1.